The quantitative estimate of drug-likeness (QED) is 0.882. The fourth-order valence-corrected chi connectivity index (χ4v) is 2.53. The number of pyridine rings is 1. The Hall–Kier alpha value is -1.42. The first-order valence-electron chi connectivity index (χ1n) is 7.14. The molecule has 0 bridgehead atoms. The van der Waals surface area contributed by atoms with Crippen LogP contribution < -0.4 is 5.32 Å². The Morgan fingerprint density at radius 2 is 2.16 bits per heavy atom. The van der Waals surface area contributed by atoms with Crippen molar-refractivity contribution in [3.63, 3.8) is 0 Å². The first kappa shape index (κ1) is 14.0. The standard InChI is InChI=1S/C15H23N3O/c1-3-13(14-8-6-7-12(2)16-14)17-15(19)11-18-9-4-5-10-18/h6-8,13H,3-5,9-11H2,1-2H3,(H,17,19)/t13-/m0/s1. The van der Waals surface area contributed by atoms with Crippen LogP contribution in [0.1, 0.15) is 43.6 Å². The maximum atomic E-state index is 12.0. The Bertz CT molecular complexity index is 427. The lowest BCUT2D eigenvalue weighted by molar-refractivity contribution is -0.122. The average molecular weight is 261 g/mol. The van der Waals surface area contributed by atoms with Crippen LogP contribution in [0.15, 0.2) is 18.2 Å². The molecule has 19 heavy (non-hydrogen) atoms. The van der Waals surface area contributed by atoms with Crippen LogP contribution in [0.25, 0.3) is 0 Å². The normalized spacial score (nSPS) is 17.4. The van der Waals surface area contributed by atoms with Gasteiger partial charge in [-0.2, -0.15) is 0 Å². The molecule has 0 saturated carbocycles. The number of aromatic nitrogens is 1. The number of carbonyl (C=O) groups excluding carboxylic acids is 1. The second kappa shape index (κ2) is 6.66. The van der Waals surface area contributed by atoms with E-state index >= 15 is 0 Å². The number of nitrogens with zero attached hydrogens (tertiary/aromatic N) is 2. The summed E-state index contributed by atoms with van der Waals surface area (Å²) in [4.78, 5) is 18.8. The zero-order chi connectivity index (χ0) is 13.7. The first-order valence-corrected chi connectivity index (χ1v) is 7.14. The second-order valence-electron chi connectivity index (χ2n) is 5.22. The summed E-state index contributed by atoms with van der Waals surface area (Å²) in [5, 5.41) is 3.09. The van der Waals surface area contributed by atoms with Crippen LogP contribution in [0.3, 0.4) is 0 Å². The van der Waals surface area contributed by atoms with Crippen molar-refractivity contribution >= 4 is 5.91 Å². The van der Waals surface area contributed by atoms with Crippen molar-refractivity contribution in [1.29, 1.82) is 0 Å². The Labute approximate surface area is 115 Å². The van der Waals surface area contributed by atoms with Gasteiger partial charge in [0, 0.05) is 5.69 Å². The number of rotatable bonds is 5. The van der Waals surface area contributed by atoms with E-state index in [1.54, 1.807) is 0 Å². The van der Waals surface area contributed by atoms with Gasteiger partial charge < -0.3 is 5.32 Å². The highest BCUT2D eigenvalue weighted by Gasteiger charge is 2.18. The molecule has 1 amide bonds. The highest BCUT2D eigenvalue weighted by atomic mass is 16.2. The van der Waals surface area contributed by atoms with Gasteiger partial charge in [-0.15, -0.1) is 0 Å². The van der Waals surface area contributed by atoms with Crippen molar-refractivity contribution in [3.8, 4) is 0 Å². The molecule has 4 nitrogen and oxygen atoms in total. The van der Waals surface area contributed by atoms with Crippen LogP contribution in [-0.4, -0.2) is 35.4 Å². The fourth-order valence-electron chi connectivity index (χ4n) is 2.53. The summed E-state index contributed by atoms with van der Waals surface area (Å²) in [6, 6.07) is 5.97. The maximum absolute atomic E-state index is 12.0. The molecule has 1 saturated heterocycles. The molecule has 0 spiro atoms. The minimum absolute atomic E-state index is 0.0232. The Balaban J connectivity index is 1.92. The van der Waals surface area contributed by atoms with E-state index in [4.69, 9.17) is 0 Å². The SMILES string of the molecule is CC[C@H](NC(=O)CN1CCCC1)c1cccc(C)n1. The lowest BCUT2D eigenvalue weighted by atomic mass is 10.1. The van der Waals surface area contributed by atoms with Crippen molar-refractivity contribution in [2.75, 3.05) is 19.6 Å². The summed E-state index contributed by atoms with van der Waals surface area (Å²) >= 11 is 0. The molecule has 1 atom stereocenters. The maximum Gasteiger partial charge on any atom is 0.234 e. The number of carbonyl (C=O) groups is 1. The predicted molar refractivity (Wildman–Crippen MR) is 75.8 cm³/mol. The molecule has 1 aliphatic rings. The highest BCUT2D eigenvalue weighted by Crippen LogP contribution is 2.15. The highest BCUT2D eigenvalue weighted by molar-refractivity contribution is 5.78. The summed E-state index contributed by atoms with van der Waals surface area (Å²) < 4.78 is 0. The van der Waals surface area contributed by atoms with Crippen molar-refractivity contribution < 1.29 is 4.79 Å². The molecule has 104 valence electrons. The number of hydrogen-bond donors (Lipinski definition) is 1. The van der Waals surface area contributed by atoms with E-state index in [0.717, 1.165) is 30.9 Å². The summed E-state index contributed by atoms with van der Waals surface area (Å²) in [5.41, 5.74) is 1.95. The van der Waals surface area contributed by atoms with Gasteiger partial charge in [0.05, 0.1) is 18.3 Å². The molecule has 4 heteroatoms. The second-order valence-corrected chi connectivity index (χ2v) is 5.22. The molecule has 1 aliphatic heterocycles. The summed E-state index contributed by atoms with van der Waals surface area (Å²) in [7, 11) is 0. The Morgan fingerprint density at radius 1 is 1.42 bits per heavy atom. The molecule has 1 aromatic heterocycles. The van der Waals surface area contributed by atoms with E-state index in [2.05, 4.69) is 22.1 Å². The van der Waals surface area contributed by atoms with Crippen LogP contribution in [0, 0.1) is 6.92 Å². The molecule has 0 aliphatic carbocycles. The van der Waals surface area contributed by atoms with Gasteiger partial charge in [-0.05, 0) is 51.4 Å². The topological polar surface area (TPSA) is 45.2 Å². The van der Waals surface area contributed by atoms with Gasteiger partial charge in [-0.3, -0.25) is 14.7 Å². The molecule has 1 fully saturated rings. The van der Waals surface area contributed by atoms with E-state index < -0.39 is 0 Å². The van der Waals surface area contributed by atoms with Crippen LogP contribution in [-0.2, 0) is 4.79 Å². The van der Waals surface area contributed by atoms with Crippen molar-refractivity contribution in [2.45, 2.75) is 39.2 Å². The molecule has 0 unspecified atom stereocenters. The van der Waals surface area contributed by atoms with E-state index in [-0.39, 0.29) is 11.9 Å². The molecule has 2 heterocycles. The zero-order valence-corrected chi connectivity index (χ0v) is 11.9. The van der Waals surface area contributed by atoms with Gasteiger partial charge >= 0.3 is 0 Å². The van der Waals surface area contributed by atoms with E-state index in [1.165, 1.54) is 12.8 Å². The van der Waals surface area contributed by atoms with Gasteiger partial charge in [0.1, 0.15) is 0 Å². The third-order valence-electron chi connectivity index (χ3n) is 3.58. The summed E-state index contributed by atoms with van der Waals surface area (Å²) in [6.07, 6.45) is 3.29. The van der Waals surface area contributed by atoms with Crippen LogP contribution >= 0.6 is 0 Å². The van der Waals surface area contributed by atoms with E-state index in [0.29, 0.717) is 6.54 Å². The molecule has 1 N–H and O–H groups in total. The Morgan fingerprint density at radius 3 is 2.79 bits per heavy atom. The lowest BCUT2D eigenvalue weighted by Gasteiger charge is -2.19. The van der Waals surface area contributed by atoms with Gasteiger partial charge in [-0.25, -0.2) is 0 Å². The molecular formula is C15H23N3O. The van der Waals surface area contributed by atoms with Crippen LogP contribution in [0.2, 0.25) is 0 Å². The third-order valence-corrected chi connectivity index (χ3v) is 3.58. The Kier molecular flexibility index (Phi) is 4.91. The molecule has 2 rings (SSSR count). The number of aryl methyl sites for hydroxylation is 1. The minimum atomic E-state index is 0.0232. The lowest BCUT2D eigenvalue weighted by Crippen LogP contribution is -2.37. The van der Waals surface area contributed by atoms with Gasteiger partial charge in [-0.1, -0.05) is 13.0 Å². The van der Waals surface area contributed by atoms with E-state index in [9.17, 15) is 4.79 Å². The third kappa shape index (κ3) is 4.03. The monoisotopic (exact) mass is 261 g/mol. The van der Waals surface area contributed by atoms with Gasteiger partial charge in [0.15, 0.2) is 0 Å². The van der Waals surface area contributed by atoms with Crippen molar-refractivity contribution in [3.05, 3.63) is 29.6 Å². The summed E-state index contributed by atoms with van der Waals surface area (Å²) in [6.45, 7) is 6.66. The van der Waals surface area contributed by atoms with Crippen molar-refractivity contribution in [2.24, 2.45) is 0 Å². The minimum Gasteiger partial charge on any atom is -0.347 e. The zero-order valence-electron chi connectivity index (χ0n) is 11.9. The van der Waals surface area contributed by atoms with Gasteiger partial charge in [0.2, 0.25) is 5.91 Å². The predicted octanol–water partition coefficient (Wildman–Crippen LogP) is 2.05. The van der Waals surface area contributed by atoms with Crippen LogP contribution in [0.5, 0.6) is 0 Å². The largest absolute Gasteiger partial charge is 0.347 e. The van der Waals surface area contributed by atoms with Crippen molar-refractivity contribution in [1.82, 2.24) is 15.2 Å². The first-order chi connectivity index (χ1) is 9.19. The molecule has 0 radical (unpaired) electrons. The number of nitrogens with one attached hydrogen (secondary N) is 1. The average Bonchev–Trinajstić information content (AvgIpc) is 2.88. The van der Waals surface area contributed by atoms with E-state index in [1.807, 2.05) is 25.1 Å². The number of likely N-dealkylation sites (tertiary alicyclic amines) is 1. The summed E-state index contributed by atoms with van der Waals surface area (Å²) in [5.74, 6) is 0.108. The number of amides is 1. The molecule has 1 aromatic rings. The van der Waals surface area contributed by atoms with Crippen LogP contribution in [0.4, 0.5) is 0 Å². The molecular weight excluding hydrogens is 238 g/mol. The fraction of sp³-hybridized carbons (Fsp3) is 0.600. The van der Waals surface area contributed by atoms with Gasteiger partial charge in [0.25, 0.3) is 0 Å². The smallest absolute Gasteiger partial charge is 0.234 e. The molecule has 0 aromatic carbocycles. The number of hydrogen-bond acceptors (Lipinski definition) is 3.